The minimum Gasteiger partial charge on any atom is -0.497 e. The highest BCUT2D eigenvalue weighted by Gasteiger charge is 2.17. The van der Waals surface area contributed by atoms with Crippen molar-refractivity contribution in [1.82, 2.24) is 5.32 Å². The van der Waals surface area contributed by atoms with E-state index in [0.29, 0.717) is 23.4 Å². The van der Waals surface area contributed by atoms with E-state index in [4.69, 9.17) is 21.1 Å². The van der Waals surface area contributed by atoms with E-state index in [1.807, 2.05) is 12.1 Å². The van der Waals surface area contributed by atoms with Gasteiger partial charge in [-0.1, -0.05) is 11.6 Å². The van der Waals surface area contributed by atoms with Gasteiger partial charge in [0.2, 0.25) is 0 Å². The first-order valence-corrected chi connectivity index (χ1v) is 5.37. The van der Waals surface area contributed by atoms with Crippen LogP contribution in [0.4, 0.5) is 0 Å². The molecule has 4 heteroatoms. The SMILES string of the molecule is COc1ccc(OCC2CCN2)c(Cl)c1. The van der Waals surface area contributed by atoms with Crippen LogP contribution < -0.4 is 14.8 Å². The van der Waals surface area contributed by atoms with Crippen molar-refractivity contribution >= 4 is 11.6 Å². The summed E-state index contributed by atoms with van der Waals surface area (Å²) in [7, 11) is 1.62. The molecule has 0 aromatic heterocycles. The molecule has 1 aliphatic rings. The highest BCUT2D eigenvalue weighted by molar-refractivity contribution is 6.32. The third-order valence-electron chi connectivity index (χ3n) is 2.50. The monoisotopic (exact) mass is 227 g/mol. The molecule has 0 spiro atoms. The lowest BCUT2D eigenvalue weighted by atomic mass is 10.1. The maximum atomic E-state index is 6.03. The maximum Gasteiger partial charge on any atom is 0.138 e. The normalized spacial score (nSPS) is 19.5. The van der Waals surface area contributed by atoms with Crippen molar-refractivity contribution in [3.63, 3.8) is 0 Å². The molecule has 1 saturated heterocycles. The summed E-state index contributed by atoms with van der Waals surface area (Å²) in [6, 6.07) is 5.91. The van der Waals surface area contributed by atoms with Crippen molar-refractivity contribution in [2.75, 3.05) is 20.3 Å². The Morgan fingerprint density at radius 3 is 2.87 bits per heavy atom. The minimum atomic E-state index is 0.475. The molecular formula is C11H14ClNO2. The molecule has 0 bridgehead atoms. The van der Waals surface area contributed by atoms with Gasteiger partial charge in [-0.25, -0.2) is 0 Å². The van der Waals surface area contributed by atoms with E-state index in [2.05, 4.69) is 5.32 Å². The van der Waals surface area contributed by atoms with Crippen molar-refractivity contribution in [1.29, 1.82) is 0 Å². The Bertz CT molecular complexity index is 339. The molecule has 15 heavy (non-hydrogen) atoms. The van der Waals surface area contributed by atoms with Crippen LogP contribution in [0.15, 0.2) is 18.2 Å². The summed E-state index contributed by atoms with van der Waals surface area (Å²) in [5.41, 5.74) is 0. The average molecular weight is 228 g/mol. The van der Waals surface area contributed by atoms with E-state index in [1.165, 1.54) is 6.42 Å². The van der Waals surface area contributed by atoms with Gasteiger partial charge in [-0.2, -0.15) is 0 Å². The molecule has 0 saturated carbocycles. The predicted octanol–water partition coefficient (Wildman–Crippen LogP) is 2.09. The first-order chi connectivity index (χ1) is 7.29. The van der Waals surface area contributed by atoms with Gasteiger partial charge in [-0.3, -0.25) is 0 Å². The lowest BCUT2D eigenvalue weighted by molar-refractivity contribution is 0.217. The van der Waals surface area contributed by atoms with E-state index in [0.717, 1.165) is 12.3 Å². The standard InChI is InChI=1S/C11H14ClNO2/c1-14-9-2-3-11(10(12)6-9)15-7-8-4-5-13-8/h2-3,6,8,13H,4-5,7H2,1H3. The van der Waals surface area contributed by atoms with Gasteiger partial charge >= 0.3 is 0 Å². The highest BCUT2D eigenvalue weighted by Crippen LogP contribution is 2.28. The van der Waals surface area contributed by atoms with Crippen molar-refractivity contribution in [2.45, 2.75) is 12.5 Å². The van der Waals surface area contributed by atoms with Crippen LogP contribution >= 0.6 is 11.6 Å². The Kier molecular flexibility index (Phi) is 3.34. The molecule has 1 N–H and O–H groups in total. The number of rotatable bonds is 4. The summed E-state index contributed by atoms with van der Waals surface area (Å²) in [5.74, 6) is 1.46. The molecule has 1 fully saturated rings. The predicted molar refractivity (Wildman–Crippen MR) is 59.9 cm³/mol. The van der Waals surface area contributed by atoms with Gasteiger partial charge in [0.05, 0.1) is 12.1 Å². The zero-order chi connectivity index (χ0) is 10.7. The molecule has 0 amide bonds. The van der Waals surface area contributed by atoms with Crippen LogP contribution in [-0.2, 0) is 0 Å². The van der Waals surface area contributed by atoms with Crippen molar-refractivity contribution in [2.24, 2.45) is 0 Å². The molecule has 82 valence electrons. The number of ether oxygens (including phenoxy) is 2. The van der Waals surface area contributed by atoms with Crippen molar-refractivity contribution < 1.29 is 9.47 Å². The molecule has 2 rings (SSSR count). The third-order valence-corrected chi connectivity index (χ3v) is 2.80. The van der Waals surface area contributed by atoms with E-state index < -0.39 is 0 Å². The van der Waals surface area contributed by atoms with E-state index >= 15 is 0 Å². The molecule has 3 nitrogen and oxygen atoms in total. The molecule has 1 aliphatic heterocycles. The van der Waals surface area contributed by atoms with Gasteiger partial charge in [-0.15, -0.1) is 0 Å². The fourth-order valence-corrected chi connectivity index (χ4v) is 1.63. The number of hydrogen-bond acceptors (Lipinski definition) is 3. The van der Waals surface area contributed by atoms with Crippen LogP contribution in [0.25, 0.3) is 0 Å². The minimum absolute atomic E-state index is 0.475. The fraction of sp³-hybridized carbons (Fsp3) is 0.455. The van der Waals surface area contributed by atoms with Gasteiger partial charge in [0, 0.05) is 12.1 Å². The number of methoxy groups -OCH3 is 1. The fourth-order valence-electron chi connectivity index (χ4n) is 1.41. The van der Waals surface area contributed by atoms with E-state index in [1.54, 1.807) is 13.2 Å². The second kappa shape index (κ2) is 4.73. The number of benzene rings is 1. The third kappa shape index (κ3) is 2.55. The maximum absolute atomic E-state index is 6.03. The van der Waals surface area contributed by atoms with Crippen LogP contribution in [0.2, 0.25) is 5.02 Å². The van der Waals surface area contributed by atoms with Gasteiger partial charge < -0.3 is 14.8 Å². The summed E-state index contributed by atoms with van der Waals surface area (Å²) in [4.78, 5) is 0. The Morgan fingerprint density at radius 2 is 2.33 bits per heavy atom. The lowest BCUT2D eigenvalue weighted by Gasteiger charge is -2.27. The molecule has 1 aromatic rings. The van der Waals surface area contributed by atoms with E-state index in [-0.39, 0.29) is 0 Å². The molecule has 1 heterocycles. The van der Waals surface area contributed by atoms with Crippen LogP contribution in [0.1, 0.15) is 6.42 Å². The number of nitrogens with one attached hydrogen (secondary N) is 1. The quantitative estimate of drug-likeness (QED) is 0.855. The largest absolute Gasteiger partial charge is 0.497 e. The van der Waals surface area contributed by atoms with Gasteiger partial charge in [-0.05, 0) is 25.1 Å². The van der Waals surface area contributed by atoms with Crippen LogP contribution in [0.3, 0.4) is 0 Å². The van der Waals surface area contributed by atoms with Crippen LogP contribution in [-0.4, -0.2) is 26.3 Å². The zero-order valence-electron chi connectivity index (χ0n) is 8.63. The highest BCUT2D eigenvalue weighted by atomic mass is 35.5. The average Bonchev–Trinajstić information content (AvgIpc) is 2.18. The molecule has 1 atom stereocenters. The van der Waals surface area contributed by atoms with Crippen molar-refractivity contribution in [3.8, 4) is 11.5 Å². The van der Waals surface area contributed by atoms with E-state index in [9.17, 15) is 0 Å². The summed E-state index contributed by atoms with van der Waals surface area (Å²) in [5, 5.41) is 3.86. The molecule has 0 aliphatic carbocycles. The first-order valence-electron chi connectivity index (χ1n) is 4.99. The molecular weight excluding hydrogens is 214 g/mol. The summed E-state index contributed by atoms with van der Waals surface area (Å²) in [6.45, 7) is 1.76. The molecule has 1 unspecified atom stereocenters. The van der Waals surface area contributed by atoms with Gasteiger partial charge in [0.25, 0.3) is 0 Å². The zero-order valence-corrected chi connectivity index (χ0v) is 9.38. The Hall–Kier alpha value is -0.930. The summed E-state index contributed by atoms with van der Waals surface area (Å²) >= 11 is 6.03. The van der Waals surface area contributed by atoms with Gasteiger partial charge in [0.15, 0.2) is 0 Å². The lowest BCUT2D eigenvalue weighted by Crippen LogP contribution is -2.46. The molecule has 0 radical (unpaired) electrons. The Balaban J connectivity index is 1.95. The smallest absolute Gasteiger partial charge is 0.138 e. The summed E-state index contributed by atoms with van der Waals surface area (Å²) < 4.78 is 10.6. The van der Waals surface area contributed by atoms with Crippen molar-refractivity contribution in [3.05, 3.63) is 23.2 Å². The van der Waals surface area contributed by atoms with Gasteiger partial charge in [0.1, 0.15) is 18.1 Å². The second-order valence-corrected chi connectivity index (χ2v) is 3.95. The summed E-state index contributed by atoms with van der Waals surface area (Å²) in [6.07, 6.45) is 1.17. The number of halogens is 1. The van der Waals surface area contributed by atoms with Crippen LogP contribution in [0, 0.1) is 0 Å². The first kappa shape index (κ1) is 10.6. The Morgan fingerprint density at radius 1 is 1.53 bits per heavy atom. The topological polar surface area (TPSA) is 30.5 Å². The second-order valence-electron chi connectivity index (χ2n) is 3.55. The number of hydrogen-bond donors (Lipinski definition) is 1. The Labute approximate surface area is 94.3 Å². The van der Waals surface area contributed by atoms with Crippen LogP contribution in [0.5, 0.6) is 11.5 Å². The molecule has 1 aromatic carbocycles.